The van der Waals surface area contributed by atoms with Gasteiger partial charge in [-0.25, -0.2) is 23.6 Å². The van der Waals surface area contributed by atoms with Crippen molar-refractivity contribution in [1.29, 1.82) is 0 Å². The van der Waals surface area contributed by atoms with E-state index < -0.39 is 41.8 Å². The van der Waals surface area contributed by atoms with E-state index in [0.717, 1.165) is 24.2 Å². The smallest absolute Gasteiger partial charge is 0.329 e. The molecule has 0 unspecified atom stereocenters. The zero-order chi connectivity index (χ0) is 47.4. The normalized spacial score (nSPS) is 13.2. The number of amides is 4. The molecule has 1 aromatic heterocycles. The SMILES string of the molecule is C=CCN(CC(=O)N[C@@H](Cc1ccc(OCc2ccccc2)cc1F)C(=O)N(Cc1ccc(F)c(N2CC(N(C)CCN(C)C)C2)n1)CC(OCC)OCC)NC(=O)NCc1ccccc1. The highest BCUT2D eigenvalue weighted by atomic mass is 19.1. The van der Waals surface area contributed by atoms with E-state index in [0.29, 0.717) is 18.8 Å². The first-order valence-corrected chi connectivity index (χ1v) is 22.3. The fourth-order valence-corrected chi connectivity index (χ4v) is 7.21. The Morgan fingerprint density at radius 3 is 2.21 bits per heavy atom. The van der Waals surface area contributed by atoms with Gasteiger partial charge in [0.15, 0.2) is 17.9 Å². The minimum Gasteiger partial charge on any atom is -0.489 e. The fourth-order valence-electron chi connectivity index (χ4n) is 7.21. The molecule has 0 saturated carbocycles. The number of rotatable bonds is 27. The van der Waals surface area contributed by atoms with Crippen molar-refractivity contribution < 1.29 is 37.4 Å². The van der Waals surface area contributed by atoms with E-state index in [1.165, 1.54) is 40.3 Å². The molecule has 2 heterocycles. The highest BCUT2D eigenvalue weighted by molar-refractivity contribution is 5.89. The van der Waals surface area contributed by atoms with Gasteiger partial charge in [-0.05, 0) is 69.9 Å². The summed E-state index contributed by atoms with van der Waals surface area (Å²) in [5.74, 6) is -1.91. The number of ether oxygens (including phenoxy) is 3. The van der Waals surface area contributed by atoms with Crippen LogP contribution >= 0.6 is 0 Å². The zero-order valence-electron chi connectivity index (χ0n) is 38.8. The van der Waals surface area contributed by atoms with Crippen molar-refractivity contribution >= 4 is 23.7 Å². The van der Waals surface area contributed by atoms with Gasteiger partial charge in [0.25, 0.3) is 0 Å². The van der Waals surface area contributed by atoms with Gasteiger partial charge in [0.05, 0.1) is 25.3 Å². The molecule has 0 bridgehead atoms. The van der Waals surface area contributed by atoms with Crippen LogP contribution in [-0.4, -0.2) is 141 Å². The van der Waals surface area contributed by atoms with Crippen molar-refractivity contribution in [3.63, 3.8) is 0 Å². The summed E-state index contributed by atoms with van der Waals surface area (Å²) in [5.41, 5.74) is 4.98. The number of carbonyl (C=O) groups excluding carboxylic acids is 3. The molecule has 4 amide bonds. The molecule has 4 aromatic rings. The number of nitrogens with one attached hydrogen (secondary N) is 3. The Kier molecular flexibility index (Phi) is 20.3. The Balaban J connectivity index is 1.39. The van der Waals surface area contributed by atoms with Crippen LogP contribution < -0.4 is 25.7 Å². The zero-order valence-corrected chi connectivity index (χ0v) is 38.8. The van der Waals surface area contributed by atoms with Crippen LogP contribution in [0.5, 0.6) is 5.75 Å². The average molecular weight is 914 g/mol. The van der Waals surface area contributed by atoms with Gasteiger partial charge in [-0.3, -0.25) is 19.9 Å². The number of hydrazine groups is 1. The van der Waals surface area contributed by atoms with E-state index in [1.807, 2.05) is 79.7 Å². The maximum absolute atomic E-state index is 16.0. The number of carbonyl (C=O) groups is 3. The standard InChI is InChI=1S/C49H65F2N9O6/c1-7-24-60(55-49(63)52-29-36-16-12-10-13-17-36)33-45(61)54-44(27-38-20-22-41(28-43(38)51)66-35-37-18-14-11-15-19-37)48(62)59(34-46(64-8-2)65-9-3)30-39-21-23-42(50)47(53-39)58-31-40(32-58)57(6)26-25-56(4)5/h7,10-23,28,40,44,46H,1,8-9,24-27,29-35H2,2-6H3,(H,54,61)(H2,52,55,63)/t44-/m0/s1. The van der Waals surface area contributed by atoms with Crippen LogP contribution in [0.2, 0.25) is 0 Å². The Hall–Kier alpha value is -5.98. The predicted octanol–water partition coefficient (Wildman–Crippen LogP) is 4.98. The summed E-state index contributed by atoms with van der Waals surface area (Å²) in [6, 6.07) is 24.3. The van der Waals surface area contributed by atoms with Crippen LogP contribution in [0, 0.1) is 11.6 Å². The summed E-state index contributed by atoms with van der Waals surface area (Å²) >= 11 is 0. The van der Waals surface area contributed by atoms with Gasteiger partial charge in [-0.15, -0.1) is 6.58 Å². The van der Waals surface area contributed by atoms with Crippen LogP contribution in [0.15, 0.2) is 104 Å². The Bertz CT molecular complexity index is 2140. The molecule has 66 heavy (non-hydrogen) atoms. The lowest BCUT2D eigenvalue weighted by Crippen LogP contribution is -2.59. The summed E-state index contributed by atoms with van der Waals surface area (Å²) in [6.07, 6.45) is 0.389. The molecule has 15 nitrogen and oxygen atoms in total. The van der Waals surface area contributed by atoms with Gasteiger partial charge in [-0.2, -0.15) is 0 Å². The molecule has 3 aromatic carbocycles. The lowest BCUT2D eigenvalue weighted by molar-refractivity contribution is -0.161. The molecule has 1 fully saturated rings. The van der Waals surface area contributed by atoms with Gasteiger partial charge in [-0.1, -0.05) is 72.8 Å². The Morgan fingerprint density at radius 1 is 0.894 bits per heavy atom. The van der Waals surface area contributed by atoms with Gasteiger partial charge in [0.2, 0.25) is 11.8 Å². The summed E-state index contributed by atoms with van der Waals surface area (Å²) < 4.78 is 49.0. The first kappa shape index (κ1) is 51.0. The van der Waals surface area contributed by atoms with Gasteiger partial charge >= 0.3 is 6.03 Å². The number of hydrogen-bond acceptors (Lipinski definition) is 11. The third-order valence-corrected chi connectivity index (χ3v) is 10.9. The quantitative estimate of drug-likeness (QED) is 0.0424. The Labute approximate surface area is 387 Å². The maximum Gasteiger partial charge on any atom is 0.329 e. The highest BCUT2D eigenvalue weighted by Gasteiger charge is 2.34. The lowest BCUT2D eigenvalue weighted by Gasteiger charge is -2.45. The maximum atomic E-state index is 16.0. The molecule has 1 aliphatic rings. The minimum absolute atomic E-state index is 0.0864. The van der Waals surface area contributed by atoms with Crippen molar-refractivity contribution in [1.82, 2.24) is 40.8 Å². The molecule has 1 saturated heterocycles. The van der Waals surface area contributed by atoms with E-state index in [9.17, 15) is 14.4 Å². The van der Waals surface area contributed by atoms with Crippen molar-refractivity contribution in [3.8, 4) is 5.75 Å². The second-order valence-electron chi connectivity index (χ2n) is 16.3. The van der Waals surface area contributed by atoms with E-state index >= 15 is 8.78 Å². The van der Waals surface area contributed by atoms with Crippen LogP contribution in [-0.2, 0) is 45.2 Å². The van der Waals surface area contributed by atoms with Crippen LogP contribution in [0.1, 0.15) is 36.2 Å². The number of likely N-dealkylation sites (N-methyl/N-ethyl adjacent to an activating group) is 2. The number of anilines is 1. The molecule has 0 spiro atoms. The molecular formula is C49H65F2N9O6. The molecular weight excluding hydrogens is 849 g/mol. The number of urea groups is 1. The second kappa shape index (κ2) is 26.2. The number of hydrogen-bond donors (Lipinski definition) is 3. The minimum atomic E-state index is -1.33. The molecule has 0 aliphatic carbocycles. The second-order valence-corrected chi connectivity index (χ2v) is 16.3. The predicted molar refractivity (Wildman–Crippen MR) is 250 cm³/mol. The summed E-state index contributed by atoms with van der Waals surface area (Å²) in [7, 11) is 6.09. The third kappa shape index (κ3) is 16.2. The fraction of sp³-hybridized carbons (Fsp3) is 0.429. The van der Waals surface area contributed by atoms with Gasteiger partial charge in [0.1, 0.15) is 24.2 Å². The molecule has 17 heteroatoms. The van der Waals surface area contributed by atoms with Crippen molar-refractivity contribution in [3.05, 3.63) is 138 Å². The summed E-state index contributed by atoms with van der Waals surface area (Å²) in [4.78, 5) is 54.2. The lowest BCUT2D eigenvalue weighted by atomic mass is 10.0. The third-order valence-electron chi connectivity index (χ3n) is 10.9. The summed E-state index contributed by atoms with van der Waals surface area (Å²) in [6.45, 7) is 10.8. The highest BCUT2D eigenvalue weighted by Crippen LogP contribution is 2.26. The van der Waals surface area contributed by atoms with E-state index in [-0.39, 0.29) is 82.1 Å². The molecule has 5 rings (SSSR count). The van der Waals surface area contributed by atoms with Crippen LogP contribution in [0.4, 0.5) is 19.4 Å². The van der Waals surface area contributed by atoms with Crippen LogP contribution in [0.3, 0.4) is 0 Å². The monoisotopic (exact) mass is 914 g/mol. The van der Waals surface area contributed by atoms with E-state index in [2.05, 4.69) is 39.5 Å². The molecule has 356 valence electrons. The molecule has 1 atom stereocenters. The molecule has 0 radical (unpaired) electrons. The van der Waals surface area contributed by atoms with Gasteiger partial charge < -0.3 is 39.5 Å². The van der Waals surface area contributed by atoms with E-state index in [4.69, 9.17) is 19.2 Å². The number of benzene rings is 3. The topological polar surface area (TPSA) is 144 Å². The largest absolute Gasteiger partial charge is 0.489 e. The molecule has 1 aliphatic heterocycles. The number of halogens is 2. The number of aromatic nitrogens is 1. The van der Waals surface area contributed by atoms with E-state index in [1.54, 1.807) is 19.9 Å². The number of nitrogens with zero attached hydrogens (tertiary/aromatic N) is 6. The van der Waals surface area contributed by atoms with Crippen molar-refractivity contribution in [2.45, 2.75) is 58.3 Å². The molecule has 3 N–H and O–H groups in total. The summed E-state index contributed by atoms with van der Waals surface area (Å²) in [5, 5.41) is 6.92. The first-order valence-electron chi connectivity index (χ1n) is 22.3. The number of pyridine rings is 1. The van der Waals surface area contributed by atoms with Crippen molar-refractivity contribution in [2.24, 2.45) is 0 Å². The average Bonchev–Trinajstić information content (AvgIpc) is 3.28. The first-order chi connectivity index (χ1) is 31.8. The van der Waals surface area contributed by atoms with Crippen molar-refractivity contribution in [2.75, 3.05) is 85.1 Å². The van der Waals surface area contributed by atoms with Crippen LogP contribution in [0.25, 0.3) is 0 Å². The van der Waals surface area contributed by atoms with Gasteiger partial charge in [0, 0.05) is 71.0 Å². The Morgan fingerprint density at radius 2 is 1.58 bits per heavy atom.